The average molecular weight is 269 g/mol. The van der Waals surface area contributed by atoms with Gasteiger partial charge in [-0.15, -0.1) is 0 Å². The summed E-state index contributed by atoms with van der Waals surface area (Å²) in [7, 11) is 2.12. The van der Waals surface area contributed by atoms with Gasteiger partial charge in [0.05, 0.1) is 6.61 Å². The Labute approximate surface area is 118 Å². The topological polar surface area (TPSA) is 38.7 Å². The molecule has 1 saturated carbocycles. The molecule has 2 N–H and O–H groups in total. The number of nitrogens with one attached hydrogen (secondary N) is 1. The molecule has 0 aromatic heterocycles. The van der Waals surface area contributed by atoms with Gasteiger partial charge in [0.2, 0.25) is 0 Å². The van der Waals surface area contributed by atoms with E-state index in [4.69, 9.17) is 5.11 Å². The lowest BCUT2D eigenvalue weighted by molar-refractivity contribution is 0.167. The second-order valence-electron chi connectivity index (χ2n) is 6.16. The monoisotopic (exact) mass is 269 g/mol. The molecule has 0 aromatic rings. The van der Waals surface area contributed by atoms with E-state index in [0.29, 0.717) is 6.61 Å². The molecule has 0 spiro atoms. The van der Waals surface area contributed by atoms with E-state index in [1.165, 1.54) is 51.7 Å². The first-order valence-corrected chi connectivity index (χ1v) is 8.06. The van der Waals surface area contributed by atoms with Crippen LogP contribution in [-0.2, 0) is 0 Å². The van der Waals surface area contributed by atoms with E-state index in [1.54, 1.807) is 0 Å². The van der Waals surface area contributed by atoms with Crippen molar-refractivity contribution in [1.29, 1.82) is 0 Å². The Bertz CT molecular complexity index is 250. The van der Waals surface area contributed by atoms with Crippen molar-refractivity contribution in [3.8, 4) is 0 Å². The molecule has 1 aliphatic carbocycles. The van der Waals surface area contributed by atoms with E-state index in [9.17, 15) is 0 Å². The number of hydrogen-bond acceptors (Lipinski definition) is 4. The van der Waals surface area contributed by atoms with Gasteiger partial charge in [0.25, 0.3) is 0 Å². The van der Waals surface area contributed by atoms with Crippen LogP contribution in [0.15, 0.2) is 0 Å². The highest BCUT2D eigenvalue weighted by molar-refractivity contribution is 4.83. The fourth-order valence-corrected chi connectivity index (χ4v) is 3.71. The lowest BCUT2D eigenvalue weighted by Crippen LogP contribution is -2.43. The fourth-order valence-electron chi connectivity index (χ4n) is 3.71. The number of hydrogen-bond donors (Lipinski definition) is 2. The molecule has 2 aliphatic rings. The number of aliphatic hydroxyl groups is 1. The lowest BCUT2D eigenvalue weighted by Gasteiger charge is -2.35. The Morgan fingerprint density at radius 1 is 1.00 bits per heavy atom. The van der Waals surface area contributed by atoms with Gasteiger partial charge in [0.1, 0.15) is 0 Å². The number of rotatable bonds is 5. The van der Waals surface area contributed by atoms with Gasteiger partial charge < -0.3 is 15.3 Å². The third-order valence-corrected chi connectivity index (χ3v) is 4.87. The van der Waals surface area contributed by atoms with Gasteiger partial charge in [-0.05, 0) is 45.3 Å². The Balaban J connectivity index is 1.78. The Morgan fingerprint density at radius 2 is 1.74 bits per heavy atom. The highest BCUT2D eigenvalue weighted by Gasteiger charge is 2.26. The normalized spacial score (nSPS) is 31.3. The fraction of sp³-hybridized carbons (Fsp3) is 1.00. The average Bonchev–Trinajstić information content (AvgIpc) is 2.66. The van der Waals surface area contributed by atoms with Gasteiger partial charge in [-0.1, -0.05) is 12.8 Å². The van der Waals surface area contributed by atoms with Crippen LogP contribution in [0.5, 0.6) is 0 Å². The van der Waals surface area contributed by atoms with Crippen LogP contribution < -0.4 is 5.32 Å². The molecule has 0 bridgehead atoms. The second kappa shape index (κ2) is 8.20. The van der Waals surface area contributed by atoms with Gasteiger partial charge in [0.15, 0.2) is 0 Å². The van der Waals surface area contributed by atoms with Gasteiger partial charge >= 0.3 is 0 Å². The minimum Gasteiger partial charge on any atom is -0.395 e. The van der Waals surface area contributed by atoms with Crippen LogP contribution in [0.3, 0.4) is 0 Å². The molecule has 2 unspecified atom stereocenters. The first-order chi connectivity index (χ1) is 9.33. The van der Waals surface area contributed by atoms with E-state index >= 15 is 0 Å². The second-order valence-corrected chi connectivity index (χ2v) is 6.16. The van der Waals surface area contributed by atoms with E-state index in [2.05, 4.69) is 22.2 Å². The number of β-amino-alcohol motifs (C(OH)–C–C–N with tert-alkyl or cyclic N) is 1. The van der Waals surface area contributed by atoms with Crippen LogP contribution in [0.4, 0.5) is 0 Å². The molecule has 112 valence electrons. The standard InChI is InChI=1S/C15H31N3O/c1-16-15-6-3-2-5-14(15)13-18-8-4-7-17(9-10-18)11-12-19/h14-16,19H,2-13H2,1H3. The predicted octanol–water partition coefficient (Wildman–Crippen LogP) is 0.765. The van der Waals surface area contributed by atoms with Crippen molar-refractivity contribution in [2.45, 2.75) is 38.1 Å². The van der Waals surface area contributed by atoms with Crippen molar-refractivity contribution < 1.29 is 5.11 Å². The summed E-state index contributed by atoms with van der Waals surface area (Å²) in [6.07, 6.45) is 6.80. The Morgan fingerprint density at radius 3 is 2.53 bits per heavy atom. The molecular weight excluding hydrogens is 238 g/mol. The maximum atomic E-state index is 9.04. The molecule has 1 aliphatic heterocycles. The maximum absolute atomic E-state index is 9.04. The van der Waals surface area contributed by atoms with Crippen LogP contribution in [-0.4, -0.2) is 73.9 Å². The van der Waals surface area contributed by atoms with E-state index < -0.39 is 0 Å². The highest BCUT2D eigenvalue weighted by atomic mass is 16.3. The van der Waals surface area contributed by atoms with Crippen molar-refractivity contribution in [2.24, 2.45) is 5.92 Å². The highest BCUT2D eigenvalue weighted by Crippen LogP contribution is 2.25. The minimum absolute atomic E-state index is 0.296. The van der Waals surface area contributed by atoms with Crippen LogP contribution >= 0.6 is 0 Å². The Kier molecular flexibility index (Phi) is 6.57. The molecule has 19 heavy (non-hydrogen) atoms. The van der Waals surface area contributed by atoms with Crippen LogP contribution in [0, 0.1) is 5.92 Å². The van der Waals surface area contributed by atoms with Gasteiger partial charge in [-0.2, -0.15) is 0 Å². The molecular formula is C15H31N3O. The lowest BCUT2D eigenvalue weighted by atomic mass is 9.84. The largest absolute Gasteiger partial charge is 0.395 e. The summed E-state index contributed by atoms with van der Waals surface area (Å²) >= 11 is 0. The molecule has 4 heteroatoms. The third-order valence-electron chi connectivity index (χ3n) is 4.87. The molecule has 1 saturated heterocycles. The van der Waals surface area contributed by atoms with Crippen LogP contribution in [0.2, 0.25) is 0 Å². The summed E-state index contributed by atoms with van der Waals surface area (Å²) in [5.41, 5.74) is 0. The summed E-state index contributed by atoms with van der Waals surface area (Å²) in [4.78, 5) is 5.05. The zero-order valence-corrected chi connectivity index (χ0v) is 12.5. The minimum atomic E-state index is 0.296. The van der Waals surface area contributed by atoms with Crippen LogP contribution in [0.1, 0.15) is 32.1 Å². The molecule has 0 amide bonds. The molecule has 1 heterocycles. The van der Waals surface area contributed by atoms with Crippen molar-refractivity contribution in [1.82, 2.24) is 15.1 Å². The van der Waals surface area contributed by atoms with Gasteiger partial charge in [0, 0.05) is 32.2 Å². The van der Waals surface area contributed by atoms with Gasteiger partial charge in [-0.25, -0.2) is 0 Å². The SMILES string of the molecule is CNC1CCCCC1CN1CCCN(CCO)CC1. The molecule has 2 atom stereocenters. The molecule has 0 aromatic carbocycles. The first kappa shape index (κ1) is 15.2. The first-order valence-electron chi connectivity index (χ1n) is 8.06. The molecule has 2 fully saturated rings. The summed E-state index contributed by atoms with van der Waals surface area (Å²) in [6.45, 7) is 7.08. The summed E-state index contributed by atoms with van der Waals surface area (Å²) in [6, 6.07) is 0.727. The quantitative estimate of drug-likeness (QED) is 0.773. The van der Waals surface area contributed by atoms with Crippen molar-refractivity contribution in [3.63, 3.8) is 0 Å². The number of aliphatic hydroxyl groups excluding tert-OH is 1. The molecule has 2 rings (SSSR count). The zero-order chi connectivity index (χ0) is 13.5. The zero-order valence-electron chi connectivity index (χ0n) is 12.5. The van der Waals surface area contributed by atoms with Crippen LogP contribution in [0.25, 0.3) is 0 Å². The van der Waals surface area contributed by atoms with Crippen molar-refractivity contribution in [3.05, 3.63) is 0 Å². The van der Waals surface area contributed by atoms with Crippen molar-refractivity contribution >= 4 is 0 Å². The predicted molar refractivity (Wildman–Crippen MR) is 79.4 cm³/mol. The van der Waals surface area contributed by atoms with Gasteiger partial charge in [-0.3, -0.25) is 4.90 Å². The van der Waals surface area contributed by atoms with E-state index in [1.807, 2.05) is 0 Å². The maximum Gasteiger partial charge on any atom is 0.0558 e. The third kappa shape index (κ3) is 4.71. The summed E-state index contributed by atoms with van der Waals surface area (Å²) < 4.78 is 0. The van der Waals surface area contributed by atoms with E-state index in [-0.39, 0.29) is 0 Å². The summed E-state index contributed by atoms with van der Waals surface area (Å²) in [5.74, 6) is 0.836. The van der Waals surface area contributed by atoms with E-state index in [0.717, 1.165) is 31.6 Å². The number of nitrogens with zero attached hydrogens (tertiary/aromatic N) is 2. The molecule has 4 nitrogen and oxygen atoms in total. The van der Waals surface area contributed by atoms with Crippen molar-refractivity contribution in [2.75, 3.05) is 52.9 Å². The summed E-state index contributed by atoms with van der Waals surface area (Å²) in [5, 5.41) is 12.6. The smallest absolute Gasteiger partial charge is 0.0558 e. The molecule has 0 radical (unpaired) electrons. The Hall–Kier alpha value is -0.160.